The molecule has 1 aromatic carbocycles. The van der Waals surface area contributed by atoms with Crippen molar-refractivity contribution in [2.75, 3.05) is 20.6 Å². The van der Waals surface area contributed by atoms with Crippen LogP contribution in [0, 0.1) is 0 Å². The highest BCUT2D eigenvalue weighted by Crippen LogP contribution is 2.17. The molecule has 0 aliphatic rings. The number of carbonyl (C=O) groups excluding carboxylic acids is 2. The number of hydroxylamine groups is 1. The average Bonchev–Trinajstić information content (AvgIpc) is 2.43. The first-order valence-electron chi connectivity index (χ1n) is 6.46. The molecule has 110 valence electrons. The smallest absolute Gasteiger partial charge is 0.274 e. The fourth-order valence-corrected chi connectivity index (χ4v) is 1.88. The van der Waals surface area contributed by atoms with E-state index < -0.39 is 5.91 Å². The maximum absolute atomic E-state index is 11.8. The van der Waals surface area contributed by atoms with Crippen molar-refractivity contribution < 1.29 is 14.8 Å². The van der Waals surface area contributed by atoms with Gasteiger partial charge in [-0.2, -0.15) is 0 Å². The predicted octanol–water partition coefficient (Wildman–Crippen LogP) is 0.934. The van der Waals surface area contributed by atoms with E-state index in [9.17, 15) is 9.59 Å². The Balaban J connectivity index is 2.75. The lowest BCUT2D eigenvalue weighted by molar-refractivity contribution is -0.122. The zero-order valence-corrected chi connectivity index (χ0v) is 12.0. The van der Waals surface area contributed by atoms with E-state index in [-0.39, 0.29) is 11.9 Å². The maximum atomic E-state index is 11.8. The first kappa shape index (κ1) is 16.1. The van der Waals surface area contributed by atoms with E-state index in [1.165, 1.54) is 0 Å². The van der Waals surface area contributed by atoms with Crippen LogP contribution in [0.5, 0.6) is 0 Å². The highest BCUT2D eigenvalue weighted by molar-refractivity contribution is 5.93. The van der Waals surface area contributed by atoms with Crippen molar-refractivity contribution in [2.24, 2.45) is 0 Å². The van der Waals surface area contributed by atoms with Crippen LogP contribution in [0.25, 0.3) is 0 Å². The molecule has 1 aromatic rings. The minimum atomic E-state index is -0.554. The second-order valence-electron chi connectivity index (χ2n) is 4.83. The lowest BCUT2D eigenvalue weighted by Crippen LogP contribution is -2.35. The summed E-state index contributed by atoms with van der Waals surface area (Å²) in [6, 6.07) is 6.68. The monoisotopic (exact) mass is 279 g/mol. The molecule has 0 bridgehead atoms. The fourth-order valence-electron chi connectivity index (χ4n) is 1.88. The molecule has 3 N–H and O–H groups in total. The number of carbonyl (C=O) groups is 2. The van der Waals surface area contributed by atoms with Crippen LogP contribution in [0.4, 0.5) is 0 Å². The van der Waals surface area contributed by atoms with Crippen molar-refractivity contribution in [1.29, 1.82) is 0 Å². The number of hydrogen-bond donors (Lipinski definition) is 3. The van der Waals surface area contributed by atoms with Crippen LogP contribution in [-0.2, 0) is 4.79 Å². The molecule has 1 unspecified atom stereocenters. The normalized spacial score (nSPS) is 12.1. The van der Waals surface area contributed by atoms with Crippen LogP contribution in [0.3, 0.4) is 0 Å². The van der Waals surface area contributed by atoms with Crippen molar-refractivity contribution >= 4 is 11.8 Å². The van der Waals surface area contributed by atoms with Crippen LogP contribution in [-0.4, -0.2) is 42.6 Å². The van der Waals surface area contributed by atoms with E-state index in [2.05, 4.69) is 5.32 Å². The van der Waals surface area contributed by atoms with Crippen LogP contribution < -0.4 is 10.8 Å². The molecule has 0 heterocycles. The van der Waals surface area contributed by atoms with Crippen LogP contribution in [0.15, 0.2) is 24.3 Å². The SMILES string of the molecule is CCC(NC(=O)CN(C)C)c1ccc(C(=O)NO)cc1. The van der Waals surface area contributed by atoms with Crippen molar-refractivity contribution in [3.8, 4) is 0 Å². The molecule has 0 aliphatic heterocycles. The van der Waals surface area contributed by atoms with Gasteiger partial charge >= 0.3 is 0 Å². The molecule has 0 spiro atoms. The molecule has 0 aromatic heterocycles. The second-order valence-corrected chi connectivity index (χ2v) is 4.83. The number of benzene rings is 1. The van der Waals surface area contributed by atoms with Gasteiger partial charge in [0.2, 0.25) is 5.91 Å². The number of nitrogens with one attached hydrogen (secondary N) is 2. The third kappa shape index (κ3) is 4.64. The molecule has 0 aliphatic carbocycles. The summed E-state index contributed by atoms with van der Waals surface area (Å²) >= 11 is 0. The summed E-state index contributed by atoms with van der Waals surface area (Å²) in [5.41, 5.74) is 2.88. The van der Waals surface area contributed by atoms with Gasteiger partial charge in [-0.15, -0.1) is 0 Å². The lowest BCUT2D eigenvalue weighted by Gasteiger charge is -2.19. The molecular weight excluding hydrogens is 258 g/mol. The molecule has 1 rings (SSSR count). The Kier molecular flexibility index (Phi) is 6.14. The van der Waals surface area contributed by atoms with Gasteiger partial charge in [0.25, 0.3) is 5.91 Å². The molecule has 0 saturated heterocycles. The van der Waals surface area contributed by atoms with Gasteiger partial charge in [0.1, 0.15) is 0 Å². The van der Waals surface area contributed by atoms with Gasteiger partial charge in [-0.1, -0.05) is 19.1 Å². The Bertz CT molecular complexity index is 457. The molecule has 6 heteroatoms. The van der Waals surface area contributed by atoms with Crippen LogP contribution >= 0.6 is 0 Å². The first-order valence-corrected chi connectivity index (χ1v) is 6.46. The Morgan fingerprint density at radius 1 is 1.25 bits per heavy atom. The highest BCUT2D eigenvalue weighted by Gasteiger charge is 2.14. The van der Waals surface area contributed by atoms with E-state index >= 15 is 0 Å². The Hall–Kier alpha value is -1.92. The third-order valence-electron chi connectivity index (χ3n) is 2.88. The van der Waals surface area contributed by atoms with Crippen molar-refractivity contribution in [2.45, 2.75) is 19.4 Å². The number of hydrogen-bond acceptors (Lipinski definition) is 4. The first-order chi connectivity index (χ1) is 9.47. The Morgan fingerprint density at radius 3 is 2.30 bits per heavy atom. The molecule has 2 amide bonds. The van der Waals surface area contributed by atoms with Gasteiger partial charge in [-0.3, -0.25) is 14.8 Å². The average molecular weight is 279 g/mol. The van der Waals surface area contributed by atoms with E-state index in [0.717, 1.165) is 12.0 Å². The Labute approximate surface area is 118 Å². The molecule has 6 nitrogen and oxygen atoms in total. The molecule has 0 radical (unpaired) electrons. The van der Waals surface area contributed by atoms with Crippen molar-refractivity contribution in [3.63, 3.8) is 0 Å². The molecule has 1 atom stereocenters. The van der Waals surface area contributed by atoms with Gasteiger partial charge in [0.05, 0.1) is 12.6 Å². The molecule has 0 fully saturated rings. The van der Waals surface area contributed by atoms with E-state index in [1.54, 1.807) is 34.6 Å². The zero-order chi connectivity index (χ0) is 15.1. The minimum Gasteiger partial charge on any atom is -0.348 e. The van der Waals surface area contributed by atoms with E-state index in [0.29, 0.717) is 12.1 Å². The molecular formula is C14H21N3O3. The van der Waals surface area contributed by atoms with Crippen molar-refractivity contribution in [3.05, 3.63) is 35.4 Å². The number of likely N-dealkylation sites (N-methyl/N-ethyl adjacent to an activating group) is 1. The summed E-state index contributed by atoms with van der Waals surface area (Å²) in [5.74, 6) is -0.597. The van der Waals surface area contributed by atoms with Crippen LogP contribution in [0.2, 0.25) is 0 Å². The summed E-state index contributed by atoms with van der Waals surface area (Å²) in [5, 5.41) is 11.5. The Morgan fingerprint density at radius 2 is 1.85 bits per heavy atom. The van der Waals surface area contributed by atoms with E-state index in [1.807, 2.05) is 21.0 Å². The van der Waals surface area contributed by atoms with Crippen molar-refractivity contribution in [1.82, 2.24) is 15.7 Å². The summed E-state index contributed by atoms with van der Waals surface area (Å²) in [7, 11) is 3.67. The second kappa shape index (κ2) is 7.62. The van der Waals surface area contributed by atoms with Gasteiger partial charge in [-0.25, -0.2) is 5.48 Å². The minimum absolute atomic E-state index is 0.0426. The lowest BCUT2D eigenvalue weighted by atomic mass is 10.0. The zero-order valence-electron chi connectivity index (χ0n) is 12.0. The van der Waals surface area contributed by atoms with Gasteiger partial charge in [0.15, 0.2) is 0 Å². The fraction of sp³-hybridized carbons (Fsp3) is 0.429. The van der Waals surface area contributed by atoms with E-state index in [4.69, 9.17) is 5.21 Å². The third-order valence-corrected chi connectivity index (χ3v) is 2.88. The summed E-state index contributed by atoms with van der Waals surface area (Å²) < 4.78 is 0. The van der Waals surface area contributed by atoms with Gasteiger partial charge < -0.3 is 10.2 Å². The molecule has 20 heavy (non-hydrogen) atoms. The number of amides is 2. The number of rotatable bonds is 6. The van der Waals surface area contributed by atoms with Crippen LogP contribution in [0.1, 0.15) is 35.3 Å². The number of nitrogens with zero attached hydrogens (tertiary/aromatic N) is 1. The topological polar surface area (TPSA) is 81.7 Å². The largest absolute Gasteiger partial charge is 0.348 e. The molecule has 0 saturated carbocycles. The quantitative estimate of drug-likeness (QED) is 0.534. The summed E-state index contributed by atoms with van der Waals surface area (Å²) in [6.45, 7) is 2.32. The standard InChI is InChI=1S/C14H21N3O3/c1-4-12(15-13(18)9-17(2)3)10-5-7-11(8-6-10)14(19)16-20/h5-8,12,20H,4,9H2,1-3H3,(H,15,18)(H,16,19). The summed E-state index contributed by atoms with van der Waals surface area (Å²) in [6.07, 6.45) is 0.755. The van der Waals surface area contributed by atoms with Gasteiger partial charge in [0, 0.05) is 5.56 Å². The maximum Gasteiger partial charge on any atom is 0.274 e. The highest BCUT2D eigenvalue weighted by atomic mass is 16.5. The van der Waals surface area contributed by atoms with Gasteiger partial charge in [-0.05, 0) is 38.2 Å². The summed E-state index contributed by atoms with van der Waals surface area (Å²) in [4.78, 5) is 24.8. The predicted molar refractivity (Wildman–Crippen MR) is 75.4 cm³/mol.